The van der Waals surface area contributed by atoms with Gasteiger partial charge in [0, 0.05) is 31.1 Å². The number of nitrogens with zero attached hydrogens (tertiary/aromatic N) is 1. The van der Waals surface area contributed by atoms with Crippen LogP contribution in [0.1, 0.15) is 32.1 Å². The van der Waals surface area contributed by atoms with Crippen molar-refractivity contribution >= 4 is 29.1 Å². The van der Waals surface area contributed by atoms with Gasteiger partial charge >= 0.3 is 0 Å². The Labute approximate surface area is 146 Å². The van der Waals surface area contributed by atoms with Gasteiger partial charge in [-0.25, -0.2) is 0 Å². The van der Waals surface area contributed by atoms with Gasteiger partial charge in [-0.05, 0) is 37.8 Å². The molecule has 2 bridgehead atoms. The molecular weight excluding hydrogens is 326 g/mol. The van der Waals surface area contributed by atoms with E-state index in [0.717, 1.165) is 12.8 Å². The third-order valence-corrected chi connectivity index (χ3v) is 5.78. The molecule has 3 atom stereocenters. The summed E-state index contributed by atoms with van der Waals surface area (Å²) in [5.41, 5.74) is 0.694. The molecule has 0 radical (unpaired) electrons. The summed E-state index contributed by atoms with van der Waals surface area (Å²) in [5.74, 6) is -0.320. The zero-order valence-corrected chi connectivity index (χ0v) is 14.3. The number of halogens is 1. The van der Waals surface area contributed by atoms with Crippen LogP contribution >= 0.6 is 11.6 Å². The lowest BCUT2D eigenvalue weighted by Gasteiger charge is -2.30. The smallest absolute Gasteiger partial charge is 0.227 e. The summed E-state index contributed by atoms with van der Waals surface area (Å²) in [6, 6.07) is 8.60. The molecule has 0 aromatic heterocycles. The first-order chi connectivity index (χ1) is 11.6. The average molecular weight is 348 g/mol. The fourth-order valence-electron chi connectivity index (χ4n) is 4.28. The number of carbonyl (C=O) groups excluding carboxylic acids is 2. The second-order valence-electron chi connectivity index (χ2n) is 7.17. The van der Waals surface area contributed by atoms with Crippen molar-refractivity contribution in [3.05, 3.63) is 29.3 Å². The number of amides is 2. The first kappa shape index (κ1) is 15.9. The first-order valence-corrected chi connectivity index (χ1v) is 9.09. The van der Waals surface area contributed by atoms with Crippen LogP contribution in [0.3, 0.4) is 0 Å². The molecular formula is C18H22ClN3O2. The summed E-state index contributed by atoms with van der Waals surface area (Å²) in [4.78, 5) is 26.6. The standard InChI is InChI=1S/C18H22ClN3O2/c19-15-3-1-2-4-16(15)22-10-11(7-17(22)23)18(24)21-14-8-12-5-6-13(9-14)20-12/h1-4,11-14,20H,5-10H2,(H,21,24). The molecule has 0 saturated carbocycles. The van der Waals surface area contributed by atoms with E-state index in [4.69, 9.17) is 11.6 Å². The van der Waals surface area contributed by atoms with Crippen LogP contribution in [0.2, 0.25) is 5.02 Å². The highest BCUT2D eigenvalue weighted by Gasteiger charge is 2.38. The molecule has 0 aliphatic carbocycles. The Morgan fingerprint density at radius 1 is 1.21 bits per heavy atom. The molecule has 4 rings (SSSR count). The van der Waals surface area contributed by atoms with Gasteiger partial charge in [-0.1, -0.05) is 23.7 Å². The molecule has 3 aliphatic heterocycles. The Morgan fingerprint density at radius 3 is 2.62 bits per heavy atom. The van der Waals surface area contributed by atoms with Crippen molar-refractivity contribution < 1.29 is 9.59 Å². The number of nitrogens with one attached hydrogen (secondary N) is 2. The molecule has 3 saturated heterocycles. The van der Waals surface area contributed by atoms with Crippen LogP contribution in [0.25, 0.3) is 0 Å². The average Bonchev–Trinajstić information content (AvgIpc) is 3.10. The second kappa shape index (κ2) is 6.37. The van der Waals surface area contributed by atoms with Crippen LogP contribution < -0.4 is 15.5 Å². The number of anilines is 1. The van der Waals surface area contributed by atoms with Gasteiger partial charge in [-0.15, -0.1) is 0 Å². The largest absolute Gasteiger partial charge is 0.353 e. The van der Waals surface area contributed by atoms with E-state index in [2.05, 4.69) is 10.6 Å². The van der Waals surface area contributed by atoms with Gasteiger partial charge in [-0.3, -0.25) is 9.59 Å². The third-order valence-electron chi connectivity index (χ3n) is 5.46. The lowest BCUT2D eigenvalue weighted by Crippen LogP contribution is -2.49. The molecule has 2 amide bonds. The minimum absolute atomic E-state index is 0.00389. The maximum absolute atomic E-state index is 12.6. The summed E-state index contributed by atoms with van der Waals surface area (Å²) in [7, 11) is 0. The molecule has 0 spiro atoms. The topological polar surface area (TPSA) is 61.4 Å². The quantitative estimate of drug-likeness (QED) is 0.880. The second-order valence-corrected chi connectivity index (χ2v) is 7.58. The van der Waals surface area contributed by atoms with Crippen LogP contribution in [-0.4, -0.2) is 36.5 Å². The lowest BCUT2D eigenvalue weighted by molar-refractivity contribution is -0.127. The minimum Gasteiger partial charge on any atom is -0.353 e. The molecule has 1 aromatic rings. The van der Waals surface area contributed by atoms with E-state index < -0.39 is 0 Å². The lowest BCUT2D eigenvalue weighted by atomic mass is 9.98. The van der Waals surface area contributed by atoms with Crippen LogP contribution in [-0.2, 0) is 9.59 Å². The van der Waals surface area contributed by atoms with Crippen molar-refractivity contribution in [2.24, 2.45) is 5.92 Å². The van der Waals surface area contributed by atoms with Crippen molar-refractivity contribution in [1.29, 1.82) is 0 Å². The molecule has 6 heteroatoms. The van der Waals surface area contributed by atoms with Gasteiger partial charge in [0.05, 0.1) is 16.6 Å². The van der Waals surface area contributed by atoms with E-state index in [0.29, 0.717) is 29.3 Å². The van der Waals surface area contributed by atoms with Gasteiger partial charge in [-0.2, -0.15) is 0 Å². The maximum Gasteiger partial charge on any atom is 0.227 e. The minimum atomic E-state index is -0.290. The zero-order valence-electron chi connectivity index (χ0n) is 13.5. The van der Waals surface area contributed by atoms with Gasteiger partial charge in [0.15, 0.2) is 0 Å². The Morgan fingerprint density at radius 2 is 1.92 bits per heavy atom. The molecule has 3 heterocycles. The van der Waals surface area contributed by atoms with Crippen molar-refractivity contribution in [3.63, 3.8) is 0 Å². The maximum atomic E-state index is 12.6. The molecule has 3 fully saturated rings. The van der Waals surface area contributed by atoms with Crippen molar-refractivity contribution in [2.45, 2.75) is 50.2 Å². The van der Waals surface area contributed by atoms with Gasteiger partial charge < -0.3 is 15.5 Å². The molecule has 1 aromatic carbocycles. The van der Waals surface area contributed by atoms with E-state index in [1.165, 1.54) is 12.8 Å². The zero-order chi connectivity index (χ0) is 16.7. The number of para-hydroxylation sites is 1. The fourth-order valence-corrected chi connectivity index (χ4v) is 4.52. The van der Waals surface area contributed by atoms with E-state index in [1.54, 1.807) is 11.0 Å². The number of hydrogen-bond acceptors (Lipinski definition) is 3. The molecule has 3 aliphatic rings. The van der Waals surface area contributed by atoms with Crippen LogP contribution in [0.5, 0.6) is 0 Å². The van der Waals surface area contributed by atoms with Crippen LogP contribution in [0.15, 0.2) is 24.3 Å². The predicted molar refractivity (Wildman–Crippen MR) is 93.0 cm³/mol. The first-order valence-electron chi connectivity index (χ1n) is 8.71. The summed E-state index contributed by atoms with van der Waals surface area (Å²) < 4.78 is 0. The van der Waals surface area contributed by atoms with Crippen LogP contribution in [0, 0.1) is 5.92 Å². The molecule has 5 nitrogen and oxygen atoms in total. The summed E-state index contributed by atoms with van der Waals surface area (Å²) in [5, 5.41) is 7.30. The number of hydrogen-bond donors (Lipinski definition) is 2. The number of piperidine rings is 1. The van der Waals surface area contributed by atoms with Crippen molar-refractivity contribution in [3.8, 4) is 0 Å². The fraction of sp³-hybridized carbons (Fsp3) is 0.556. The summed E-state index contributed by atoms with van der Waals surface area (Å²) >= 11 is 6.19. The number of fused-ring (bicyclic) bond motifs is 2. The SMILES string of the molecule is O=C(NC1CC2CCC(C1)N2)C1CC(=O)N(c2ccccc2Cl)C1. The highest BCUT2D eigenvalue weighted by Crippen LogP contribution is 2.32. The summed E-state index contributed by atoms with van der Waals surface area (Å²) in [6.07, 6.45) is 4.67. The highest BCUT2D eigenvalue weighted by molar-refractivity contribution is 6.33. The monoisotopic (exact) mass is 347 g/mol. The number of carbonyl (C=O) groups is 2. The molecule has 3 unspecified atom stereocenters. The van der Waals surface area contributed by atoms with Crippen LogP contribution in [0.4, 0.5) is 5.69 Å². The summed E-state index contributed by atoms with van der Waals surface area (Å²) in [6.45, 7) is 0.409. The number of rotatable bonds is 3. The molecule has 128 valence electrons. The van der Waals surface area contributed by atoms with Gasteiger partial charge in [0.1, 0.15) is 0 Å². The van der Waals surface area contributed by atoms with Crippen molar-refractivity contribution in [2.75, 3.05) is 11.4 Å². The van der Waals surface area contributed by atoms with Gasteiger partial charge in [0.2, 0.25) is 11.8 Å². The highest BCUT2D eigenvalue weighted by atomic mass is 35.5. The predicted octanol–water partition coefficient (Wildman–Crippen LogP) is 2.09. The Hall–Kier alpha value is -1.59. The van der Waals surface area contributed by atoms with Crippen molar-refractivity contribution in [1.82, 2.24) is 10.6 Å². The Kier molecular flexibility index (Phi) is 4.22. The Bertz CT molecular complexity index is 653. The van der Waals surface area contributed by atoms with Gasteiger partial charge in [0.25, 0.3) is 0 Å². The third kappa shape index (κ3) is 3.03. The normalized spacial score (nSPS) is 32.2. The molecule has 24 heavy (non-hydrogen) atoms. The van der Waals surface area contributed by atoms with E-state index in [9.17, 15) is 9.59 Å². The van der Waals surface area contributed by atoms with E-state index in [-0.39, 0.29) is 30.2 Å². The van der Waals surface area contributed by atoms with E-state index >= 15 is 0 Å². The number of benzene rings is 1. The molecule has 2 N–H and O–H groups in total. The Balaban J connectivity index is 1.39. The van der Waals surface area contributed by atoms with E-state index in [1.807, 2.05) is 18.2 Å².